The molecule has 156 valence electrons. The van der Waals surface area contributed by atoms with E-state index in [-0.39, 0.29) is 11.7 Å². The van der Waals surface area contributed by atoms with Gasteiger partial charge in [-0.1, -0.05) is 24.3 Å². The van der Waals surface area contributed by atoms with Crippen LogP contribution in [0.3, 0.4) is 0 Å². The van der Waals surface area contributed by atoms with Crippen LogP contribution in [-0.4, -0.2) is 34.2 Å². The molecule has 0 aliphatic carbocycles. The van der Waals surface area contributed by atoms with Crippen molar-refractivity contribution < 1.29 is 4.74 Å². The maximum atomic E-state index is 12.7. The molecule has 3 aromatic heterocycles. The number of anilines is 1. The van der Waals surface area contributed by atoms with Gasteiger partial charge in [-0.15, -0.1) is 0 Å². The van der Waals surface area contributed by atoms with Gasteiger partial charge in [0.2, 0.25) is 5.95 Å². The lowest BCUT2D eigenvalue weighted by atomic mass is 9.97. The van der Waals surface area contributed by atoms with Crippen LogP contribution in [0.25, 0.3) is 22.4 Å². The third-order valence-electron chi connectivity index (χ3n) is 5.58. The predicted molar refractivity (Wildman–Crippen MR) is 123 cm³/mol. The standard InChI is InChI=1S/C24H22N4O2S/c1-27-23(29)14-21(17-6-9-25-10-7-17)26-24(27)28-11-12-30-22(15-28)20-5-3-2-4-19(20)18-8-13-31-16-18/h2-10,13-14,16,22H,11-12,15H2,1H3. The van der Waals surface area contributed by atoms with Crippen molar-refractivity contribution in [1.29, 1.82) is 0 Å². The Morgan fingerprint density at radius 2 is 1.94 bits per heavy atom. The molecule has 0 N–H and O–H groups in total. The minimum absolute atomic E-state index is 0.0847. The minimum atomic E-state index is -0.105. The van der Waals surface area contributed by atoms with E-state index in [2.05, 4.69) is 44.9 Å². The Morgan fingerprint density at radius 1 is 1.10 bits per heavy atom. The van der Waals surface area contributed by atoms with Crippen molar-refractivity contribution in [1.82, 2.24) is 14.5 Å². The van der Waals surface area contributed by atoms with Gasteiger partial charge in [0.25, 0.3) is 5.56 Å². The van der Waals surface area contributed by atoms with Gasteiger partial charge in [0.05, 0.1) is 18.8 Å². The zero-order chi connectivity index (χ0) is 21.2. The number of morpholine rings is 1. The average Bonchev–Trinajstić information content (AvgIpc) is 3.36. The van der Waals surface area contributed by atoms with Gasteiger partial charge in [0.1, 0.15) is 6.10 Å². The highest BCUT2D eigenvalue weighted by Gasteiger charge is 2.27. The van der Waals surface area contributed by atoms with Crippen LogP contribution in [0.15, 0.2) is 76.5 Å². The topological polar surface area (TPSA) is 60.2 Å². The first kappa shape index (κ1) is 19.7. The average molecular weight is 431 g/mol. The third-order valence-corrected chi connectivity index (χ3v) is 6.26. The van der Waals surface area contributed by atoms with Crippen LogP contribution in [0.5, 0.6) is 0 Å². The van der Waals surface area contributed by atoms with Gasteiger partial charge in [-0.2, -0.15) is 11.3 Å². The molecule has 0 spiro atoms. The third kappa shape index (κ3) is 3.89. The van der Waals surface area contributed by atoms with Crippen LogP contribution in [0.2, 0.25) is 0 Å². The summed E-state index contributed by atoms with van der Waals surface area (Å²) in [6, 6.07) is 15.8. The van der Waals surface area contributed by atoms with Crippen LogP contribution in [-0.2, 0) is 11.8 Å². The van der Waals surface area contributed by atoms with E-state index in [1.165, 1.54) is 11.1 Å². The van der Waals surface area contributed by atoms with E-state index in [0.717, 1.165) is 11.1 Å². The van der Waals surface area contributed by atoms with E-state index in [1.54, 1.807) is 41.4 Å². The zero-order valence-electron chi connectivity index (χ0n) is 17.1. The Balaban J connectivity index is 1.50. The first-order chi connectivity index (χ1) is 15.2. The van der Waals surface area contributed by atoms with Crippen LogP contribution >= 0.6 is 11.3 Å². The van der Waals surface area contributed by atoms with Crippen molar-refractivity contribution >= 4 is 17.3 Å². The summed E-state index contributed by atoms with van der Waals surface area (Å²) in [4.78, 5) is 23.7. The molecule has 1 unspecified atom stereocenters. The van der Waals surface area contributed by atoms with Gasteiger partial charge < -0.3 is 9.64 Å². The summed E-state index contributed by atoms with van der Waals surface area (Å²) in [5, 5.41) is 4.24. The highest BCUT2D eigenvalue weighted by molar-refractivity contribution is 7.08. The van der Waals surface area contributed by atoms with Crippen LogP contribution < -0.4 is 10.5 Å². The van der Waals surface area contributed by atoms with Gasteiger partial charge in [-0.25, -0.2) is 4.98 Å². The Labute approximate surface area is 184 Å². The monoisotopic (exact) mass is 430 g/mol. The van der Waals surface area contributed by atoms with Crippen molar-refractivity contribution in [3.05, 3.63) is 87.6 Å². The zero-order valence-corrected chi connectivity index (χ0v) is 18.0. The summed E-state index contributed by atoms with van der Waals surface area (Å²) in [6.07, 6.45) is 3.31. The number of thiophene rings is 1. The summed E-state index contributed by atoms with van der Waals surface area (Å²) in [5.74, 6) is 0.653. The molecular weight excluding hydrogens is 408 g/mol. The molecule has 1 fully saturated rings. The maximum Gasteiger partial charge on any atom is 0.255 e. The Morgan fingerprint density at radius 3 is 2.74 bits per heavy atom. The van der Waals surface area contributed by atoms with E-state index < -0.39 is 0 Å². The lowest BCUT2D eigenvalue weighted by Gasteiger charge is -2.35. The minimum Gasteiger partial charge on any atom is -0.370 e. The molecule has 1 aliphatic heterocycles. The summed E-state index contributed by atoms with van der Waals surface area (Å²) in [7, 11) is 1.77. The van der Waals surface area contributed by atoms with Gasteiger partial charge >= 0.3 is 0 Å². The number of ether oxygens (including phenoxy) is 1. The molecule has 1 aromatic carbocycles. The number of pyridine rings is 1. The van der Waals surface area contributed by atoms with E-state index >= 15 is 0 Å². The van der Waals surface area contributed by atoms with Crippen molar-refractivity contribution in [3.63, 3.8) is 0 Å². The first-order valence-electron chi connectivity index (χ1n) is 10.2. The van der Waals surface area contributed by atoms with E-state index in [4.69, 9.17) is 9.72 Å². The van der Waals surface area contributed by atoms with Gasteiger partial charge in [0, 0.05) is 37.6 Å². The number of benzene rings is 1. The second-order valence-corrected chi connectivity index (χ2v) is 8.26. The normalized spacial score (nSPS) is 16.4. The molecule has 1 saturated heterocycles. The van der Waals surface area contributed by atoms with Gasteiger partial charge in [-0.05, 0) is 45.6 Å². The molecule has 4 aromatic rings. The quantitative estimate of drug-likeness (QED) is 0.487. The summed E-state index contributed by atoms with van der Waals surface area (Å²) in [6.45, 7) is 1.87. The molecule has 4 heterocycles. The van der Waals surface area contributed by atoms with Crippen molar-refractivity contribution in [3.8, 4) is 22.4 Å². The fourth-order valence-electron chi connectivity index (χ4n) is 3.96. The molecular formula is C24H22N4O2S. The van der Waals surface area contributed by atoms with Gasteiger partial charge in [-0.3, -0.25) is 14.3 Å². The molecule has 1 atom stereocenters. The van der Waals surface area contributed by atoms with E-state index in [9.17, 15) is 4.79 Å². The highest BCUT2D eigenvalue weighted by Crippen LogP contribution is 2.34. The molecule has 0 amide bonds. The lowest BCUT2D eigenvalue weighted by Crippen LogP contribution is -2.41. The van der Waals surface area contributed by atoms with Crippen LogP contribution in [0.4, 0.5) is 5.95 Å². The number of hydrogen-bond donors (Lipinski definition) is 0. The number of hydrogen-bond acceptors (Lipinski definition) is 6. The summed E-state index contributed by atoms with van der Waals surface area (Å²) >= 11 is 1.69. The van der Waals surface area contributed by atoms with Crippen molar-refractivity contribution in [2.75, 3.05) is 24.6 Å². The largest absolute Gasteiger partial charge is 0.370 e. The molecule has 7 heteroatoms. The number of nitrogens with zero attached hydrogens (tertiary/aromatic N) is 4. The highest BCUT2D eigenvalue weighted by atomic mass is 32.1. The molecule has 0 saturated carbocycles. The second kappa shape index (κ2) is 8.45. The molecule has 6 nitrogen and oxygen atoms in total. The fourth-order valence-corrected chi connectivity index (χ4v) is 4.61. The first-order valence-corrected chi connectivity index (χ1v) is 11.1. The van der Waals surface area contributed by atoms with Crippen molar-refractivity contribution in [2.45, 2.75) is 6.10 Å². The maximum absolute atomic E-state index is 12.7. The Hall–Kier alpha value is -3.29. The molecule has 31 heavy (non-hydrogen) atoms. The smallest absolute Gasteiger partial charge is 0.255 e. The fraction of sp³-hybridized carbons (Fsp3) is 0.208. The SMILES string of the molecule is Cn1c(N2CCOC(c3ccccc3-c3ccsc3)C2)nc(-c2ccncc2)cc1=O. The van der Waals surface area contributed by atoms with Crippen LogP contribution in [0, 0.1) is 0 Å². The van der Waals surface area contributed by atoms with Crippen molar-refractivity contribution in [2.24, 2.45) is 7.05 Å². The van der Waals surface area contributed by atoms with Crippen LogP contribution in [0.1, 0.15) is 11.7 Å². The van der Waals surface area contributed by atoms with Gasteiger partial charge in [0.15, 0.2) is 0 Å². The second-order valence-electron chi connectivity index (χ2n) is 7.48. The molecule has 1 aliphatic rings. The lowest BCUT2D eigenvalue weighted by molar-refractivity contribution is 0.0393. The van der Waals surface area contributed by atoms with E-state index in [1.807, 2.05) is 18.2 Å². The number of rotatable bonds is 4. The number of aromatic nitrogens is 3. The summed E-state index contributed by atoms with van der Waals surface area (Å²) < 4.78 is 7.79. The van der Waals surface area contributed by atoms with E-state index in [0.29, 0.717) is 31.3 Å². The Kier molecular flexibility index (Phi) is 5.36. The predicted octanol–water partition coefficient (Wildman–Crippen LogP) is 4.15. The Bertz CT molecular complexity index is 1240. The summed E-state index contributed by atoms with van der Waals surface area (Å²) in [5.41, 5.74) is 4.98. The molecule has 0 radical (unpaired) electrons. The molecule has 0 bridgehead atoms. The molecule has 5 rings (SSSR count).